The number of β-amino-alcohol motifs (C(OH)–C–C–N with tert-alkyl or cyclic N) is 1. The molecule has 1 saturated heterocycles. The summed E-state index contributed by atoms with van der Waals surface area (Å²) >= 11 is 0.370. The lowest BCUT2D eigenvalue weighted by atomic mass is 10.2. The van der Waals surface area contributed by atoms with E-state index < -0.39 is 11.9 Å². The number of aliphatic hydroxyl groups is 1. The lowest BCUT2D eigenvalue weighted by Crippen LogP contribution is -2.29. The second-order valence-electron chi connectivity index (χ2n) is 4.07. The number of alkyl halides is 2. The molecule has 2 rings (SSSR count). The maximum atomic E-state index is 12.4. The van der Waals surface area contributed by atoms with Gasteiger partial charge in [0, 0.05) is 18.0 Å². The summed E-state index contributed by atoms with van der Waals surface area (Å²) in [6.07, 6.45) is 0.0273. The summed E-state index contributed by atoms with van der Waals surface area (Å²) < 4.78 is 24.8. The lowest BCUT2D eigenvalue weighted by molar-refractivity contribution is 0.0761. The maximum absolute atomic E-state index is 12.4. The Kier molecular flexibility index (Phi) is 4.19. The average molecular weight is 273 g/mol. The minimum Gasteiger partial charge on any atom is -0.391 e. The first-order chi connectivity index (χ1) is 8.58. The molecule has 6 heteroatoms. The number of carbonyl (C=O) groups is 1. The van der Waals surface area contributed by atoms with Crippen LogP contribution in [0.3, 0.4) is 0 Å². The fourth-order valence-electron chi connectivity index (χ4n) is 1.94. The quantitative estimate of drug-likeness (QED) is 0.858. The van der Waals surface area contributed by atoms with Gasteiger partial charge in [-0.05, 0) is 18.6 Å². The molecule has 98 valence electrons. The highest BCUT2D eigenvalue weighted by Crippen LogP contribution is 2.29. The highest BCUT2D eigenvalue weighted by atomic mass is 32.2. The first kappa shape index (κ1) is 13.3. The van der Waals surface area contributed by atoms with Crippen molar-refractivity contribution in [1.82, 2.24) is 4.90 Å². The minimum absolute atomic E-state index is 0.270. The van der Waals surface area contributed by atoms with Gasteiger partial charge in [-0.1, -0.05) is 23.9 Å². The van der Waals surface area contributed by atoms with Crippen LogP contribution in [-0.2, 0) is 0 Å². The summed E-state index contributed by atoms with van der Waals surface area (Å²) in [5.74, 6) is -2.85. The van der Waals surface area contributed by atoms with Crippen molar-refractivity contribution < 1.29 is 18.7 Å². The Bertz CT molecular complexity index is 442. The number of hydrogen-bond donors (Lipinski definition) is 1. The third-order valence-corrected chi connectivity index (χ3v) is 3.57. The van der Waals surface area contributed by atoms with Crippen LogP contribution in [0.25, 0.3) is 0 Å². The van der Waals surface area contributed by atoms with E-state index in [0.717, 1.165) is 0 Å². The van der Waals surface area contributed by atoms with Crippen LogP contribution in [0, 0.1) is 0 Å². The largest absolute Gasteiger partial charge is 0.391 e. The van der Waals surface area contributed by atoms with Gasteiger partial charge in [-0.3, -0.25) is 4.79 Å². The van der Waals surface area contributed by atoms with Crippen molar-refractivity contribution in [2.24, 2.45) is 0 Å². The minimum atomic E-state index is -2.55. The van der Waals surface area contributed by atoms with Crippen LogP contribution in [0.4, 0.5) is 8.78 Å². The van der Waals surface area contributed by atoms with Crippen molar-refractivity contribution >= 4 is 17.7 Å². The molecule has 1 aliphatic heterocycles. The number of halogens is 2. The molecular weight excluding hydrogens is 260 g/mol. The summed E-state index contributed by atoms with van der Waals surface area (Å²) in [6.45, 7) is 0.736. The summed E-state index contributed by atoms with van der Waals surface area (Å²) in [7, 11) is 0. The van der Waals surface area contributed by atoms with E-state index in [1.54, 1.807) is 12.1 Å². The molecule has 1 fully saturated rings. The van der Waals surface area contributed by atoms with E-state index in [2.05, 4.69) is 0 Å². The van der Waals surface area contributed by atoms with E-state index >= 15 is 0 Å². The Morgan fingerprint density at radius 1 is 1.44 bits per heavy atom. The molecule has 1 aliphatic rings. The van der Waals surface area contributed by atoms with Crippen LogP contribution in [-0.4, -0.2) is 40.9 Å². The van der Waals surface area contributed by atoms with Gasteiger partial charge in [-0.2, -0.15) is 8.78 Å². The highest BCUT2D eigenvalue weighted by Gasteiger charge is 2.27. The molecule has 0 aliphatic carbocycles. The third kappa shape index (κ3) is 3.00. The van der Waals surface area contributed by atoms with E-state index in [9.17, 15) is 18.7 Å². The number of amides is 1. The summed E-state index contributed by atoms with van der Waals surface area (Å²) in [6, 6.07) is 6.32. The molecule has 0 unspecified atom stereocenters. The fraction of sp³-hybridized carbons (Fsp3) is 0.417. The van der Waals surface area contributed by atoms with Crippen LogP contribution < -0.4 is 0 Å². The smallest absolute Gasteiger partial charge is 0.288 e. The van der Waals surface area contributed by atoms with Gasteiger partial charge < -0.3 is 10.0 Å². The maximum Gasteiger partial charge on any atom is 0.288 e. The normalized spacial score (nSPS) is 19.6. The van der Waals surface area contributed by atoms with E-state index in [-0.39, 0.29) is 22.9 Å². The van der Waals surface area contributed by atoms with Crippen LogP contribution in [0.5, 0.6) is 0 Å². The highest BCUT2D eigenvalue weighted by molar-refractivity contribution is 7.99. The summed E-state index contributed by atoms with van der Waals surface area (Å²) in [4.78, 5) is 13.9. The molecular formula is C12H13F2NO2S. The van der Waals surface area contributed by atoms with Gasteiger partial charge in [0.25, 0.3) is 11.7 Å². The van der Waals surface area contributed by atoms with Crippen LogP contribution in [0.1, 0.15) is 16.8 Å². The van der Waals surface area contributed by atoms with E-state index in [4.69, 9.17) is 0 Å². The molecule has 0 saturated carbocycles. The zero-order valence-corrected chi connectivity index (χ0v) is 10.4. The van der Waals surface area contributed by atoms with Crippen molar-refractivity contribution in [2.75, 3.05) is 13.1 Å². The van der Waals surface area contributed by atoms with Crippen molar-refractivity contribution in [3.8, 4) is 0 Å². The van der Waals surface area contributed by atoms with Gasteiger partial charge in [0.2, 0.25) is 0 Å². The number of thioether (sulfide) groups is 1. The van der Waals surface area contributed by atoms with Gasteiger partial charge in [-0.15, -0.1) is 0 Å². The molecule has 0 radical (unpaired) electrons. The summed E-state index contributed by atoms with van der Waals surface area (Å²) in [5.41, 5.74) is 0.275. The first-order valence-corrected chi connectivity index (χ1v) is 6.47. The number of likely N-dealkylation sites (tertiary alicyclic amines) is 1. The number of benzene rings is 1. The monoisotopic (exact) mass is 273 g/mol. The third-order valence-electron chi connectivity index (χ3n) is 2.78. The summed E-state index contributed by atoms with van der Waals surface area (Å²) in [5, 5.41) is 9.39. The molecule has 0 aromatic heterocycles. The number of aliphatic hydroxyl groups excluding tert-OH is 1. The molecule has 3 nitrogen and oxygen atoms in total. The van der Waals surface area contributed by atoms with Crippen LogP contribution in [0.2, 0.25) is 0 Å². The molecule has 1 amide bonds. The van der Waals surface area contributed by atoms with Gasteiger partial charge in [0.05, 0.1) is 11.7 Å². The van der Waals surface area contributed by atoms with Crippen molar-refractivity contribution in [3.05, 3.63) is 29.8 Å². The molecule has 0 bridgehead atoms. The topological polar surface area (TPSA) is 40.5 Å². The Labute approximate surface area is 108 Å². The first-order valence-electron chi connectivity index (χ1n) is 5.59. The van der Waals surface area contributed by atoms with Crippen LogP contribution in [0.15, 0.2) is 29.2 Å². The number of hydrogen-bond acceptors (Lipinski definition) is 3. The standard InChI is InChI=1S/C12H13F2NO2S/c13-12(14)18-10-4-2-1-3-9(10)11(17)15-6-5-8(16)7-15/h1-4,8,12,16H,5-7H2/t8-/m1/s1. The Hall–Kier alpha value is -1.14. The Morgan fingerprint density at radius 2 is 2.17 bits per heavy atom. The van der Waals surface area contributed by atoms with Crippen molar-refractivity contribution in [3.63, 3.8) is 0 Å². The Balaban J connectivity index is 2.19. The molecule has 1 aromatic rings. The zero-order chi connectivity index (χ0) is 13.1. The lowest BCUT2D eigenvalue weighted by Gasteiger charge is -2.17. The number of nitrogens with zero attached hydrogens (tertiary/aromatic N) is 1. The Morgan fingerprint density at radius 3 is 2.78 bits per heavy atom. The van der Waals surface area contributed by atoms with Crippen molar-refractivity contribution in [1.29, 1.82) is 0 Å². The van der Waals surface area contributed by atoms with Crippen LogP contribution >= 0.6 is 11.8 Å². The molecule has 0 spiro atoms. The molecule has 1 N–H and O–H groups in total. The molecule has 1 aromatic carbocycles. The molecule has 1 heterocycles. The van der Waals surface area contributed by atoms with E-state index in [1.165, 1.54) is 17.0 Å². The van der Waals surface area contributed by atoms with Gasteiger partial charge >= 0.3 is 0 Å². The predicted octanol–water partition coefficient (Wildman–Crippen LogP) is 2.21. The second kappa shape index (κ2) is 5.67. The number of carbonyl (C=O) groups excluding carboxylic acids is 1. The van der Waals surface area contributed by atoms with E-state index in [1.807, 2.05) is 0 Å². The van der Waals surface area contributed by atoms with Gasteiger partial charge in [-0.25, -0.2) is 0 Å². The van der Waals surface area contributed by atoms with Gasteiger partial charge in [0.1, 0.15) is 0 Å². The molecule has 18 heavy (non-hydrogen) atoms. The fourth-order valence-corrected chi connectivity index (χ4v) is 2.57. The van der Waals surface area contributed by atoms with Gasteiger partial charge in [0.15, 0.2) is 0 Å². The number of rotatable bonds is 3. The second-order valence-corrected chi connectivity index (χ2v) is 5.10. The zero-order valence-electron chi connectivity index (χ0n) is 9.55. The van der Waals surface area contributed by atoms with Crippen molar-refractivity contribution in [2.45, 2.75) is 23.2 Å². The molecule has 1 atom stereocenters. The van der Waals surface area contributed by atoms with E-state index in [0.29, 0.717) is 24.7 Å². The SMILES string of the molecule is O=C(c1ccccc1SC(F)F)N1CC[C@@H](O)C1. The average Bonchev–Trinajstić information content (AvgIpc) is 2.75. The predicted molar refractivity (Wildman–Crippen MR) is 64.8 cm³/mol.